The lowest BCUT2D eigenvalue weighted by molar-refractivity contribution is -0.0371. The molecule has 0 aliphatic heterocycles. The van der Waals surface area contributed by atoms with Crippen molar-refractivity contribution in [3.05, 3.63) is 114 Å². The second-order valence-electron chi connectivity index (χ2n) is 8.71. The normalized spacial score (nSPS) is 11.6. The molecule has 1 aromatic heterocycles. The van der Waals surface area contributed by atoms with E-state index < -0.39 is 12.3 Å². The topological polar surface area (TPSA) is 71.1 Å². The molecule has 0 aliphatic rings. The lowest BCUT2D eigenvalue weighted by atomic mass is 9.97. The standard InChI is InChI=1S/C32H26O6S/c1-20(38-32(34)23-7-5-4-6-8-23)37-25-15-9-21(10-16-25)30(33)29-27-18-17-26(36-3)19-28(27)39-31(29)22-11-13-24(35-2)14-12-22/h4-20H,1-3H3. The van der Waals surface area contributed by atoms with Crippen molar-refractivity contribution in [2.75, 3.05) is 14.2 Å². The number of benzene rings is 4. The van der Waals surface area contributed by atoms with E-state index in [0.717, 1.165) is 32.0 Å². The van der Waals surface area contributed by atoms with Crippen LogP contribution in [0.3, 0.4) is 0 Å². The van der Waals surface area contributed by atoms with Crippen LogP contribution in [0.15, 0.2) is 97.1 Å². The number of rotatable bonds is 9. The smallest absolute Gasteiger partial charge is 0.341 e. The summed E-state index contributed by atoms with van der Waals surface area (Å²) in [6.07, 6.45) is -0.809. The van der Waals surface area contributed by atoms with Gasteiger partial charge in [-0.05, 0) is 84.4 Å². The van der Waals surface area contributed by atoms with E-state index in [1.54, 1.807) is 81.0 Å². The molecule has 0 amide bonds. The molecule has 1 unspecified atom stereocenters. The molecule has 0 N–H and O–H groups in total. The number of ether oxygens (including phenoxy) is 4. The minimum absolute atomic E-state index is 0.104. The van der Waals surface area contributed by atoms with Crippen molar-refractivity contribution < 1.29 is 28.5 Å². The average Bonchev–Trinajstić information content (AvgIpc) is 3.36. The first-order chi connectivity index (χ1) is 19.0. The molecule has 0 aliphatic carbocycles. The molecule has 39 heavy (non-hydrogen) atoms. The zero-order chi connectivity index (χ0) is 27.4. The van der Waals surface area contributed by atoms with Crippen LogP contribution in [0.2, 0.25) is 0 Å². The lowest BCUT2D eigenvalue weighted by Gasteiger charge is -2.15. The van der Waals surface area contributed by atoms with Crippen LogP contribution in [0.1, 0.15) is 33.2 Å². The van der Waals surface area contributed by atoms with Gasteiger partial charge < -0.3 is 18.9 Å². The zero-order valence-corrected chi connectivity index (χ0v) is 22.5. The predicted molar refractivity (Wildman–Crippen MR) is 152 cm³/mol. The van der Waals surface area contributed by atoms with Gasteiger partial charge in [0.2, 0.25) is 6.29 Å². The fraction of sp³-hybridized carbons (Fsp3) is 0.125. The van der Waals surface area contributed by atoms with Crippen molar-refractivity contribution in [1.82, 2.24) is 0 Å². The average molecular weight is 539 g/mol. The molecule has 0 spiro atoms. The van der Waals surface area contributed by atoms with Gasteiger partial charge in [-0.25, -0.2) is 4.79 Å². The molecular formula is C32H26O6S. The highest BCUT2D eigenvalue weighted by Crippen LogP contribution is 2.41. The SMILES string of the molecule is COc1ccc(-c2sc3cc(OC)ccc3c2C(=O)c2ccc(OC(C)OC(=O)c3ccccc3)cc2)cc1. The van der Waals surface area contributed by atoms with Gasteiger partial charge in [0.1, 0.15) is 17.2 Å². The molecule has 4 aromatic carbocycles. The number of hydrogen-bond donors (Lipinski definition) is 0. The van der Waals surface area contributed by atoms with E-state index in [4.69, 9.17) is 18.9 Å². The highest BCUT2D eigenvalue weighted by molar-refractivity contribution is 7.22. The third kappa shape index (κ3) is 5.63. The van der Waals surface area contributed by atoms with E-state index in [-0.39, 0.29) is 5.78 Å². The van der Waals surface area contributed by atoms with E-state index >= 15 is 0 Å². The van der Waals surface area contributed by atoms with Crippen LogP contribution in [0.25, 0.3) is 20.5 Å². The summed E-state index contributed by atoms with van der Waals surface area (Å²) < 4.78 is 22.8. The second kappa shape index (κ2) is 11.4. The summed E-state index contributed by atoms with van der Waals surface area (Å²) in [5, 5.41) is 0.860. The highest BCUT2D eigenvalue weighted by Gasteiger charge is 2.22. The molecule has 7 heteroatoms. The number of carbonyl (C=O) groups is 2. The molecule has 5 aromatic rings. The maximum Gasteiger partial charge on any atom is 0.341 e. The molecule has 1 atom stereocenters. The van der Waals surface area contributed by atoms with Crippen molar-refractivity contribution in [2.24, 2.45) is 0 Å². The van der Waals surface area contributed by atoms with Crippen LogP contribution in [0.5, 0.6) is 17.2 Å². The van der Waals surface area contributed by atoms with Crippen LogP contribution in [-0.4, -0.2) is 32.3 Å². The molecule has 196 valence electrons. The Morgan fingerprint density at radius 2 is 1.36 bits per heavy atom. The number of methoxy groups -OCH3 is 2. The highest BCUT2D eigenvalue weighted by atomic mass is 32.1. The first-order valence-corrected chi connectivity index (χ1v) is 13.1. The Bertz CT molecular complexity index is 1610. The van der Waals surface area contributed by atoms with Crippen molar-refractivity contribution in [3.8, 4) is 27.7 Å². The Kier molecular flexibility index (Phi) is 7.61. The third-order valence-corrected chi connectivity index (χ3v) is 7.38. The van der Waals surface area contributed by atoms with Gasteiger partial charge in [0.05, 0.1) is 19.8 Å². The summed E-state index contributed by atoms with van der Waals surface area (Å²) in [5.74, 6) is 1.38. The molecule has 0 saturated heterocycles. The maximum atomic E-state index is 13.9. The Hall–Kier alpha value is -4.62. The van der Waals surface area contributed by atoms with E-state index in [1.165, 1.54) is 0 Å². The Morgan fingerprint density at radius 3 is 2.03 bits per heavy atom. The fourth-order valence-electron chi connectivity index (χ4n) is 4.21. The Balaban J connectivity index is 1.40. The molecule has 0 radical (unpaired) electrons. The van der Waals surface area contributed by atoms with Gasteiger partial charge in [-0.1, -0.05) is 18.2 Å². The lowest BCUT2D eigenvalue weighted by Crippen LogP contribution is -2.21. The number of ketones is 1. The first kappa shape index (κ1) is 26.0. The van der Waals surface area contributed by atoms with Crippen LogP contribution < -0.4 is 14.2 Å². The van der Waals surface area contributed by atoms with Gasteiger partial charge in [-0.15, -0.1) is 11.3 Å². The van der Waals surface area contributed by atoms with Crippen molar-refractivity contribution in [3.63, 3.8) is 0 Å². The zero-order valence-electron chi connectivity index (χ0n) is 21.7. The van der Waals surface area contributed by atoms with Crippen molar-refractivity contribution >= 4 is 33.2 Å². The van der Waals surface area contributed by atoms with Gasteiger partial charge >= 0.3 is 5.97 Å². The largest absolute Gasteiger partial charge is 0.497 e. The van der Waals surface area contributed by atoms with Crippen molar-refractivity contribution in [2.45, 2.75) is 13.2 Å². The second-order valence-corrected chi connectivity index (χ2v) is 9.76. The fourth-order valence-corrected chi connectivity index (χ4v) is 5.45. The van der Waals surface area contributed by atoms with Gasteiger partial charge in [-0.2, -0.15) is 0 Å². The monoisotopic (exact) mass is 538 g/mol. The summed E-state index contributed by atoms with van der Waals surface area (Å²) in [5.41, 5.74) is 2.51. The van der Waals surface area contributed by atoms with Gasteiger partial charge in [-0.3, -0.25) is 4.79 Å². The molecule has 6 nitrogen and oxygen atoms in total. The molecule has 0 fully saturated rings. The van der Waals surface area contributed by atoms with Crippen molar-refractivity contribution in [1.29, 1.82) is 0 Å². The van der Waals surface area contributed by atoms with Crippen LogP contribution in [0.4, 0.5) is 0 Å². The maximum absolute atomic E-state index is 13.9. The minimum Gasteiger partial charge on any atom is -0.497 e. The predicted octanol–water partition coefficient (Wildman–Crippen LogP) is 7.40. The van der Waals surface area contributed by atoms with Gasteiger partial charge in [0.15, 0.2) is 5.78 Å². The molecule has 1 heterocycles. The number of thiophene rings is 1. The molecule has 5 rings (SSSR count). The first-order valence-electron chi connectivity index (χ1n) is 12.3. The minimum atomic E-state index is -0.809. The summed E-state index contributed by atoms with van der Waals surface area (Å²) in [4.78, 5) is 27.0. The van der Waals surface area contributed by atoms with E-state index in [2.05, 4.69) is 0 Å². The number of esters is 1. The van der Waals surface area contributed by atoms with Gasteiger partial charge in [0, 0.05) is 33.0 Å². The number of hydrogen-bond acceptors (Lipinski definition) is 7. The summed E-state index contributed by atoms with van der Waals surface area (Å²) >= 11 is 1.54. The van der Waals surface area contributed by atoms with Crippen LogP contribution in [-0.2, 0) is 4.74 Å². The molecule has 0 saturated carbocycles. The number of carbonyl (C=O) groups excluding carboxylic acids is 2. The summed E-state index contributed by atoms with van der Waals surface area (Å²) in [6, 6.07) is 28.9. The van der Waals surface area contributed by atoms with E-state index in [1.807, 2.05) is 48.5 Å². The quantitative estimate of drug-likeness (QED) is 0.111. The molecular weight excluding hydrogens is 512 g/mol. The van der Waals surface area contributed by atoms with E-state index in [9.17, 15) is 9.59 Å². The number of fused-ring (bicyclic) bond motifs is 1. The molecule has 0 bridgehead atoms. The van der Waals surface area contributed by atoms with E-state index in [0.29, 0.717) is 22.4 Å². The van der Waals surface area contributed by atoms with Crippen LogP contribution >= 0.6 is 11.3 Å². The summed E-state index contributed by atoms with van der Waals surface area (Å²) in [7, 11) is 3.25. The van der Waals surface area contributed by atoms with Gasteiger partial charge in [0.25, 0.3) is 0 Å². The third-order valence-electron chi connectivity index (χ3n) is 6.18. The Labute approximate surface area is 230 Å². The Morgan fingerprint density at radius 1 is 0.718 bits per heavy atom. The summed E-state index contributed by atoms with van der Waals surface area (Å²) in [6.45, 7) is 1.65. The van der Waals surface area contributed by atoms with Crippen LogP contribution in [0, 0.1) is 0 Å².